The maximum Gasteiger partial charge on any atom is 0.233 e. The van der Waals surface area contributed by atoms with E-state index in [1.807, 2.05) is 0 Å². The number of carbonyl (C=O) groups excluding carboxylic acids is 2. The van der Waals surface area contributed by atoms with Crippen LogP contribution >= 0.6 is 0 Å². The van der Waals surface area contributed by atoms with Crippen LogP contribution < -0.4 is 4.90 Å². The van der Waals surface area contributed by atoms with Gasteiger partial charge in [0.15, 0.2) is 5.78 Å². The van der Waals surface area contributed by atoms with Gasteiger partial charge in [0, 0.05) is 24.8 Å². The molecule has 4 nitrogen and oxygen atoms in total. The normalized spacial score (nSPS) is 27.4. The molecule has 1 spiro atoms. The standard InChI is InChI=1S/C22H22F2N2O2/c23-16-4-3-5-17(13-16)26-11-9-22(21(26)28)8-7-18(24)15(14-22)12-20(27)19-6-1-2-10-25-19/h1-6,10,13,15,18H,7-9,11-12,14H2. The minimum atomic E-state index is -1.10. The Bertz CT molecular complexity index is 889. The second-order valence-electron chi connectivity index (χ2n) is 7.83. The molecule has 6 heteroatoms. The van der Waals surface area contributed by atoms with Crippen LogP contribution in [0.15, 0.2) is 48.7 Å². The minimum absolute atomic E-state index is 0.0488. The molecule has 2 heterocycles. The second kappa shape index (κ2) is 7.41. The summed E-state index contributed by atoms with van der Waals surface area (Å²) in [6.45, 7) is 0.486. The summed E-state index contributed by atoms with van der Waals surface area (Å²) in [7, 11) is 0. The van der Waals surface area contributed by atoms with E-state index in [0.29, 0.717) is 37.2 Å². The molecule has 4 rings (SSSR count). The summed E-state index contributed by atoms with van der Waals surface area (Å²) in [5, 5.41) is 0. The molecule has 3 atom stereocenters. The third-order valence-electron chi connectivity index (χ3n) is 6.09. The number of hydrogen-bond acceptors (Lipinski definition) is 3. The molecule has 1 saturated carbocycles. The smallest absolute Gasteiger partial charge is 0.233 e. The lowest BCUT2D eigenvalue weighted by molar-refractivity contribution is -0.129. The lowest BCUT2D eigenvalue weighted by Gasteiger charge is -2.38. The number of pyridine rings is 1. The third-order valence-corrected chi connectivity index (χ3v) is 6.09. The van der Waals surface area contributed by atoms with Crippen LogP contribution in [-0.2, 0) is 4.79 Å². The molecule has 3 unspecified atom stereocenters. The van der Waals surface area contributed by atoms with E-state index in [1.54, 1.807) is 41.4 Å². The molecule has 0 N–H and O–H groups in total. The van der Waals surface area contributed by atoms with Crippen LogP contribution in [-0.4, -0.2) is 29.4 Å². The van der Waals surface area contributed by atoms with Crippen molar-refractivity contribution in [3.8, 4) is 0 Å². The molecule has 0 bridgehead atoms. The SMILES string of the molecule is O=C(CC1CC2(CCC1F)CCN(c1cccc(F)c1)C2=O)c1ccccn1. The number of Topliss-reactive ketones (excluding diaryl/α,β-unsaturated/α-hetero) is 1. The van der Waals surface area contributed by atoms with E-state index in [-0.39, 0.29) is 24.5 Å². The van der Waals surface area contributed by atoms with Crippen LogP contribution in [0.1, 0.15) is 42.6 Å². The van der Waals surface area contributed by atoms with Crippen LogP contribution in [0.5, 0.6) is 0 Å². The Morgan fingerprint density at radius 1 is 1.21 bits per heavy atom. The summed E-state index contributed by atoms with van der Waals surface area (Å²) >= 11 is 0. The molecule has 2 aromatic rings. The molecule has 1 saturated heterocycles. The third kappa shape index (κ3) is 3.43. The fraction of sp³-hybridized carbons (Fsp3) is 0.409. The molecule has 0 radical (unpaired) electrons. The van der Waals surface area contributed by atoms with E-state index in [1.165, 1.54) is 12.1 Å². The quantitative estimate of drug-likeness (QED) is 0.736. The van der Waals surface area contributed by atoms with Crippen molar-refractivity contribution in [3.63, 3.8) is 0 Å². The molecule has 2 fully saturated rings. The average Bonchev–Trinajstić information content (AvgIpc) is 3.01. The van der Waals surface area contributed by atoms with Gasteiger partial charge in [-0.25, -0.2) is 8.78 Å². The van der Waals surface area contributed by atoms with Crippen molar-refractivity contribution in [1.82, 2.24) is 4.98 Å². The van der Waals surface area contributed by atoms with Crippen molar-refractivity contribution in [2.45, 2.75) is 38.3 Å². The van der Waals surface area contributed by atoms with Gasteiger partial charge in [0.05, 0.1) is 5.41 Å². The summed E-state index contributed by atoms with van der Waals surface area (Å²) in [5.41, 5.74) is 0.197. The zero-order valence-corrected chi connectivity index (χ0v) is 15.5. The monoisotopic (exact) mass is 384 g/mol. The fourth-order valence-electron chi connectivity index (χ4n) is 4.58. The first-order chi connectivity index (χ1) is 13.5. The summed E-state index contributed by atoms with van der Waals surface area (Å²) in [5.74, 6) is -1.17. The molecule has 28 heavy (non-hydrogen) atoms. The summed E-state index contributed by atoms with van der Waals surface area (Å²) in [6.07, 6.45) is 2.17. The number of rotatable bonds is 4. The molecule has 2 aliphatic rings. The maximum absolute atomic E-state index is 14.6. The molecule has 1 aliphatic carbocycles. The topological polar surface area (TPSA) is 50.3 Å². The van der Waals surface area contributed by atoms with Crippen LogP contribution in [0.3, 0.4) is 0 Å². The zero-order chi connectivity index (χ0) is 19.7. The number of benzene rings is 1. The van der Waals surface area contributed by atoms with Gasteiger partial charge in [-0.3, -0.25) is 14.6 Å². The van der Waals surface area contributed by atoms with Crippen molar-refractivity contribution in [2.75, 3.05) is 11.4 Å². The lowest BCUT2D eigenvalue weighted by Crippen LogP contribution is -2.42. The van der Waals surface area contributed by atoms with E-state index in [0.717, 1.165) is 0 Å². The highest BCUT2D eigenvalue weighted by molar-refractivity contribution is 6.00. The van der Waals surface area contributed by atoms with E-state index in [2.05, 4.69) is 4.98 Å². The van der Waals surface area contributed by atoms with Crippen molar-refractivity contribution >= 4 is 17.4 Å². The van der Waals surface area contributed by atoms with Gasteiger partial charge in [-0.2, -0.15) is 0 Å². The molecular formula is C22H22F2N2O2. The van der Waals surface area contributed by atoms with Crippen molar-refractivity contribution < 1.29 is 18.4 Å². The predicted octanol–water partition coefficient (Wildman–Crippen LogP) is 4.36. The summed E-state index contributed by atoms with van der Waals surface area (Å²) in [6, 6.07) is 11.1. The van der Waals surface area contributed by atoms with Gasteiger partial charge in [0.25, 0.3) is 0 Å². The fourth-order valence-corrected chi connectivity index (χ4v) is 4.58. The maximum atomic E-state index is 14.6. The number of ketones is 1. The highest BCUT2D eigenvalue weighted by Gasteiger charge is 2.52. The Labute approximate surface area is 162 Å². The van der Waals surface area contributed by atoms with E-state index in [9.17, 15) is 18.4 Å². The Hall–Kier alpha value is -2.63. The molecule has 1 aliphatic heterocycles. The first kappa shape index (κ1) is 18.7. The molecule has 1 amide bonds. The van der Waals surface area contributed by atoms with Gasteiger partial charge in [0.1, 0.15) is 17.7 Å². The molecule has 146 valence electrons. The van der Waals surface area contributed by atoms with Crippen molar-refractivity contribution in [1.29, 1.82) is 0 Å². The first-order valence-corrected chi connectivity index (χ1v) is 9.64. The van der Waals surface area contributed by atoms with E-state index in [4.69, 9.17) is 0 Å². The highest BCUT2D eigenvalue weighted by Crippen LogP contribution is 2.49. The number of hydrogen-bond donors (Lipinski definition) is 0. The summed E-state index contributed by atoms with van der Waals surface area (Å²) < 4.78 is 28.2. The van der Waals surface area contributed by atoms with Gasteiger partial charge in [0.2, 0.25) is 5.91 Å². The number of aromatic nitrogens is 1. The summed E-state index contributed by atoms with van der Waals surface area (Å²) in [4.78, 5) is 31.3. The Morgan fingerprint density at radius 3 is 2.82 bits per heavy atom. The van der Waals surface area contributed by atoms with E-state index < -0.39 is 23.3 Å². The van der Waals surface area contributed by atoms with Gasteiger partial charge in [-0.05, 0) is 61.9 Å². The Morgan fingerprint density at radius 2 is 2.07 bits per heavy atom. The van der Waals surface area contributed by atoms with E-state index >= 15 is 0 Å². The number of halogens is 2. The predicted molar refractivity (Wildman–Crippen MR) is 101 cm³/mol. The van der Waals surface area contributed by atoms with Crippen molar-refractivity contribution in [2.24, 2.45) is 11.3 Å². The first-order valence-electron chi connectivity index (χ1n) is 9.64. The average molecular weight is 384 g/mol. The van der Waals surface area contributed by atoms with Crippen LogP contribution in [0, 0.1) is 17.2 Å². The van der Waals surface area contributed by atoms with Gasteiger partial charge in [-0.1, -0.05) is 12.1 Å². The number of carbonyl (C=O) groups is 2. The van der Waals surface area contributed by atoms with Crippen LogP contribution in [0.2, 0.25) is 0 Å². The molecule has 1 aromatic heterocycles. The molecular weight excluding hydrogens is 362 g/mol. The molecule has 1 aromatic carbocycles. The Kier molecular flexibility index (Phi) is 4.96. The Balaban J connectivity index is 1.51. The minimum Gasteiger partial charge on any atom is -0.312 e. The van der Waals surface area contributed by atoms with Crippen LogP contribution in [0.25, 0.3) is 0 Å². The number of amides is 1. The zero-order valence-electron chi connectivity index (χ0n) is 15.5. The lowest BCUT2D eigenvalue weighted by atomic mass is 9.66. The number of alkyl halides is 1. The largest absolute Gasteiger partial charge is 0.312 e. The van der Waals surface area contributed by atoms with Crippen LogP contribution in [0.4, 0.5) is 14.5 Å². The highest BCUT2D eigenvalue weighted by atomic mass is 19.1. The van der Waals surface area contributed by atoms with Gasteiger partial charge in [-0.15, -0.1) is 0 Å². The number of nitrogens with zero attached hydrogens (tertiary/aromatic N) is 2. The second-order valence-corrected chi connectivity index (χ2v) is 7.83. The van der Waals surface area contributed by atoms with Gasteiger partial charge >= 0.3 is 0 Å². The van der Waals surface area contributed by atoms with Crippen molar-refractivity contribution in [3.05, 3.63) is 60.2 Å². The van der Waals surface area contributed by atoms with Gasteiger partial charge < -0.3 is 4.90 Å². The number of anilines is 1.